The van der Waals surface area contributed by atoms with Crippen molar-refractivity contribution < 1.29 is 9.90 Å². The molecule has 0 aliphatic rings. The van der Waals surface area contributed by atoms with Crippen LogP contribution in [0.3, 0.4) is 0 Å². The zero-order valence-electron chi connectivity index (χ0n) is 13.1. The SMILES string of the molecule is NCCCNCCNCCCNCc1ccc(C(=O)O)cc1. The van der Waals surface area contributed by atoms with Crippen LogP contribution in [0.1, 0.15) is 28.8 Å². The zero-order chi connectivity index (χ0) is 16.0. The highest BCUT2D eigenvalue weighted by molar-refractivity contribution is 5.87. The number of hydrogen-bond acceptors (Lipinski definition) is 5. The summed E-state index contributed by atoms with van der Waals surface area (Å²) in [6, 6.07) is 6.97. The Kier molecular flexibility index (Phi) is 10.2. The van der Waals surface area contributed by atoms with Gasteiger partial charge in [0.25, 0.3) is 0 Å². The quantitative estimate of drug-likeness (QED) is 0.338. The van der Waals surface area contributed by atoms with E-state index in [1.165, 1.54) is 0 Å². The number of hydrogen-bond donors (Lipinski definition) is 5. The lowest BCUT2D eigenvalue weighted by Gasteiger charge is -2.07. The summed E-state index contributed by atoms with van der Waals surface area (Å²) in [7, 11) is 0. The van der Waals surface area contributed by atoms with Gasteiger partial charge in [0.2, 0.25) is 0 Å². The summed E-state index contributed by atoms with van der Waals surface area (Å²) < 4.78 is 0. The summed E-state index contributed by atoms with van der Waals surface area (Å²) in [4.78, 5) is 10.7. The average Bonchev–Trinajstić information content (AvgIpc) is 2.53. The molecule has 0 saturated carbocycles. The molecule has 0 aliphatic carbocycles. The molecule has 0 unspecified atom stereocenters. The maximum atomic E-state index is 10.7. The Bertz CT molecular complexity index is 409. The Balaban J connectivity index is 1.94. The molecule has 0 amide bonds. The lowest BCUT2D eigenvalue weighted by atomic mass is 10.1. The summed E-state index contributed by atoms with van der Waals surface area (Å²) in [5, 5.41) is 18.9. The van der Waals surface area contributed by atoms with Gasteiger partial charge in [-0.3, -0.25) is 0 Å². The summed E-state index contributed by atoms with van der Waals surface area (Å²) in [6.07, 6.45) is 2.09. The Morgan fingerprint density at radius 1 is 0.909 bits per heavy atom. The molecule has 6 nitrogen and oxygen atoms in total. The minimum absolute atomic E-state index is 0.327. The molecule has 0 aliphatic heterocycles. The number of aromatic carboxylic acids is 1. The Morgan fingerprint density at radius 3 is 2.09 bits per heavy atom. The molecule has 0 spiro atoms. The van der Waals surface area contributed by atoms with Crippen LogP contribution in [0.5, 0.6) is 0 Å². The van der Waals surface area contributed by atoms with Crippen LogP contribution in [0.2, 0.25) is 0 Å². The summed E-state index contributed by atoms with van der Waals surface area (Å²) in [5.41, 5.74) is 6.84. The highest BCUT2D eigenvalue weighted by Crippen LogP contribution is 2.03. The minimum atomic E-state index is -0.886. The van der Waals surface area contributed by atoms with Gasteiger partial charge < -0.3 is 26.8 Å². The number of rotatable bonds is 13. The number of carbonyl (C=O) groups is 1. The highest BCUT2D eigenvalue weighted by Gasteiger charge is 2.01. The smallest absolute Gasteiger partial charge is 0.335 e. The van der Waals surface area contributed by atoms with E-state index in [1.807, 2.05) is 12.1 Å². The van der Waals surface area contributed by atoms with Crippen LogP contribution in [-0.4, -0.2) is 50.3 Å². The normalized spacial score (nSPS) is 10.8. The Labute approximate surface area is 132 Å². The van der Waals surface area contributed by atoms with Gasteiger partial charge in [0.1, 0.15) is 0 Å². The van der Waals surface area contributed by atoms with Gasteiger partial charge in [-0.05, 0) is 56.7 Å². The van der Waals surface area contributed by atoms with Crippen molar-refractivity contribution in [1.82, 2.24) is 16.0 Å². The Hall–Kier alpha value is -1.47. The van der Waals surface area contributed by atoms with E-state index < -0.39 is 5.97 Å². The molecule has 0 radical (unpaired) electrons. The van der Waals surface area contributed by atoms with Crippen LogP contribution in [0.4, 0.5) is 0 Å². The van der Waals surface area contributed by atoms with Gasteiger partial charge in [0.05, 0.1) is 5.56 Å². The van der Waals surface area contributed by atoms with E-state index in [9.17, 15) is 4.79 Å². The van der Waals surface area contributed by atoms with Crippen molar-refractivity contribution in [2.24, 2.45) is 5.73 Å². The van der Waals surface area contributed by atoms with Crippen LogP contribution in [0.15, 0.2) is 24.3 Å². The van der Waals surface area contributed by atoms with Gasteiger partial charge in [-0.1, -0.05) is 12.1 Å². The third-order valence-electron chi connectivity index (χ3n) is 3.27. The molecule has 6 N–H and O–H groups in total. The van der Waals surface area contributed by atoms with E-state index in [1.54, 1.807) is 12.1 Å². The van der Waals surface area contributed by atoms with Gasteiger partial charge in [-0.2, -0.15) is 0 Å². The predicted molar refractivity (Wildman–Crippen MR) is 89.1 cm³/mol. The van der Waals surface area contributed by atoms with E-state index in [-0.39, 0.29) is 0 Å². The van der Waals surface area contributed by atoms with E-state index in [2.05, 4.69) is 16.0 Å². The largest absolute Gasteiger partial charge is 0.478 e. The zero-order valence-corrected chi connectivity index (χ0v) is 13.1. The molecule has 0 aromatic heterocycles. The number of carboxylic acid groups (broad SMARTS) is 1. The third-order valence-corrected chi connectivity index (χ3v) is 3.27. The molecule has 1 rings (SSSR count). The fourth-order valence-corrected chi connectivity index (χ4v) is 1.99. The summed E-state index contributed by atoms with van der Waals surface area (Å²) in [6.45, 7) is 6.37. The van der Waals surface area contributed by atoms with Crippen LogP contribution in [0, 0.1) is 0 Å². The second-order valence-corrected chi connectivity index (χ2v) is 5.17. The molecule has 0 fully saturated rings. The fraction of sp³-hybridized carbons (Fsp3) is 0.562. The van der Waals surface area contributed by atoms with Crippen molar-refractivity contribution in [2.75, 3.05) is 39.3 Å². The highest BCUT2D eigenvalue weighted by atomic mass is 16.4. The van der Waals surface area contributed by atoms with Crippen molar-refractivity contribution in [3.8, 4) is 0 Å². The molecule has 0 heterocycles. The second kappa shape index (κ2) is 12.1. The first-order valence-corrected chi connectivity index (χ1v) is 7.88. The van der Waals surface area contributed by atoms with E-state index in [4.69, 9.17) is 10.8 Å². The Morgan fingerprint density at radius 2 is 1.50 bits per heavy atom. The number of nitrogens with one attached hydrogen (secondary N) is 3. The van der Waals surface area contributed by atoms with Crippen LogP contribution in [0.25, 0.3) is 0 Å². The lowest BCUT2D eigenvalue weighted by molar-refractivity contribution is 0.0697. The van der Waals surface area contributed by atoms with Crippen LogP contribution < -0.4 is 21.7 Å². The first-order chi connectivity index (χ1) is 10.7. The topological polar surface area (TPSA) is 99.4 Å². The molecular formula is C16H28N4O2. The molecule has 22 heavy (non-hydrogen) atoms. The van der Waals surface area contributed by atoms with Crippen molar-refractivity contribution in [3.05, 3.63) is 35.4 Å². The fourth-order valence-electron chi connectivity index (χ4n) is 1.99. The standard InChI is InChI=1S/C16H28N4O2/c17-7-1-8-18-11-12-19-9-2-10-20-13-14-3-5-15(6-4-14)16(21)22/h3-6,18-20H,1-2,7-13,17H2,(H,21,22). The maximum absolute atomic E-state index is 10.7. The second-order valence-electron chi connectivity index (χ2n) is 5.17. The average molecular weight is 308 g/mol. The van der Waals surface area contributed by atoms with Gasteiger partial charge >= 0.3 is 5.97 Å². The first kappa shape index (κ1) is 18.6. The van der Waals surface area contributed by atoms with Gasteiger partial charge in [-0.15, -0.1) is 0 Å². The van der Waals surface area contributed by atoms with Crippen molar-refractivity contribution in [2.45, 2.75) is 19.4 Å². The van der Waals surface area contributed by atoms with Crippen molar-refractivity contribution >= 4 is 5.97 Å². The third kappa shape index (κ3) is 8.74. The van der Waals surface area contributed by atoms with Crippen LogP contribution in [-0.2, 0) is 6.54 Å². The van der Waals surface area contributed by atoms with Crippen LogP contribution >= 0.6 is 0 Å². The van der Waals surface area contributed by atoms with Gasteiger partial charge in [0, 0.05) is 19.6 Å². The monoisotopic (exact) mass is 308 g/mol. The first-order valence-electron chi connectivity index (χ1n) is 7.88. The van der Waals surface area contributed by atoms with E-state index >= 15 is 0 Å². The molecular weight excluding hydrogens is 280 g/mol. The molecule has 0 bridgehead atoms. The molecule has 124 valence electrons. The minimum Gasteiger partial charge on any atom is -0.478 e. The van der Waals surface area contributed by atoms with Crippen molar-refractivity contribution in [3.63, 3.8) is 0 Å². The summed E-state index contributed by atoms with van der Waals surface area (Å²) >= 11 is 0. The molecule has 6 heteroatoms. The van der Waals surface area contributed by atoms with Gasteiger partial charge in [-0.25, -0.2) is 4.79 Å². The predicted octanol–water partition coefficient (Wildman–Crippen LogP) is 0.393. The molecule has 1 aromatic carbocycles. The lowest BCUT2D eigenvalue weighted by Crippen LogP contribution is -2.30. The van der Waals surface area contributed by atoms with Gasteiger partial charge in [0.15, 0.2) is 0 Å². The van der Waals surface area contributed by atoms with E-state index in [0.29, 0.717) is 5.56 Å². The molecule has 0 saturated heterocycles. The maximum Gasteiger partial charge on any atom is 0.335 e. The van der Waals surface area contributed by atoms with E-state index in [0.717, 1.165) is 64.2 Å². The van der Waals surface area contributed by atoms with Crippen molar-refractivity contribution in [1.29, 1.82) is 0 Å². The summed E-state index contributed by atoms with van der Waals surface area (Å²) in [5.74, 6) is -0.886. The number of benzene rings is 1. The number of carboxylic acids is 1. The molecule has 0 atom stereocenters. The molecule has 1 aromatic rings. The number of nitrogens with two attached hydrogens (primary N) is 1.